The molecular formula is C10H8ClN3O2. The molecule has 0 atom stereocenters. The first kappa shape index (κ1) is 10.6. The molecule has 0 saturated carbocycles. The number of carbonyl (C=O) groups is 1. The van der Waals surface area contributed by atoms with E-state index in [-0.39, 0.29) is 5.69 Å². The van der Waals surface area contributed by atoms with Crippen LogP contribution < -0.4 is 5.32 Å². The van der Waals surface area contributed by atoms with Crippen molar-refractivity contribution in [1.29, 1.82) is 0 Å². The molecule has 16 heavy (non-hydrogen) atoms. The van der Waals surface area contributed by atoms with Gasteiger partial charge in [-0.3, -0.25) is 4.79 Å². The molecule has 0 aliphatic rings. The fraction of sp³-hybridized carbons (Fsp3) is 0.100. The number of para-hydroxylation sites is 1. The molecule has 6 heteroatoms. The third kappa shape index (κ3) is 2.04. The van der Waals surface area contributed by atoms with Crippen molar-refractivity contribution < 1.29 is 9.42 Å². The van der Waals surface area contributed by atoms with E-state index in [9.17, 15) is 4.79 Å². The van der Waals surface area contributed by atoms with Gasteiger partial charge in [0.2, 0.25) is 0 Å². The Morgan fingerprint density at radius 3 is 2.75 bits per heavy atom. The lowest BCUT2D eigenvalue weighted by atomic mass is 10.3. The highest BCUT2D eigenvalue weighted by Gasteiger charge is 2.15. The third-order valence-corrected chi connectivity index (χ3v) is 2.32. The Hall–Kier alpha value is -1.88. The van der Waals surface area contributed by atoms with Gasteiger partial charge in [-0.25, -0.2) is 4.63 Å². The van der Waals surface area contributed by atoms with E-state index in [1.54, 1.807) is 31.2 Å². The number of halogens is 1. The molecular weight excluding hydrogens is 230 g/mol. The van der Waals surface area contributed by atoms with Crippen LogP contribution in [0, 0.1) is 6.92 Å². The summed E-state index contributed by atoms with van der Waals surface area (Å²) in [6.45, 7) is 1.64. The van der Waals surface area contributed by atoms with Crippen LogP contribution in [-0.2, 0) is 0 Å². The number of carbonyl (C=O) groups excluding carboxylic acids is 1. The van der Waals surface area contributed by atoms with Crippen LogP contribution in [0.3, 0.4) is 0 Å². The predicted molar refractivity (Wildman–Crippen MR) is 58.4 cm³/mol. The minimum Gasteiger partial charge on any atom is -0.319 e. The first-order valence-corrected chi connectivity index (χ1v) is 4.91. The van der Waals surface area contributed by atoms with Gasteiger partial charge in [-0.05, 0) is 24.2 Å². The molecule has 0 aliphatic carbocycles. The largest absolute Gasteiger partial charge is 0.319 e. The maximum Gasteiger partial charge on any atom is 0.279 e. The monoisotopic (exact) mass is 237 g/mol. The summed E-state index contributed by atoms with van der Waals surface area (Å²) in [5.41, 5.74) is 1.11. The fourth-order valence-corrected chi connectivity index (χ4v) is 1.36. The van der Waals surface area contributed by atoms with Gasteiger partial charge in [-0.15, -0.1) is 0 Å². The lowest BCUT2D eigenvalue weighted by Crippen LogP contribution is -2.13. The molecule has 0 unspecified atom stereocenters. The van der Waals surface area contributed by atoms with E-state index in [0.717, 1.165) is 0 Å². The number of hydrogen-bond acceptors (Lipinski definition) is 4. The smallest absolute Gasteiger partial charge is 0.279 e. The molecule has 2 aromatic rings. The Morgan fingerprint density at radius 1 is 1.38 bits per heavy atom. The second-order valence-corrected chi connectivity index (χ2v) is 3.54. The number of amides is 1. The number of rotatable bonds is 2. The van der Waals surface area contributed by atoms with Gasteiger partial charge in [0.15, 0.2) is 5.69 Å². The highest BCUT2D eigenvalue weighted by atomic mass is 35.5. The van der Waals surface area contributed by atoms with Gasteiger partial charge in [-0.1, -0.05) is 28.9 Å². The third-order valence-electron chi connectivity index (χ3n) is 1.99. The molecule has 1 heterocycles. The van der Waals surface area contributed by atoms with Crippen LogP contribution >= 0.6 is 11.6 Å². The number of anilines is 1. The molecule has 0 saturated heterocycles. The predicted octanol–water partition coefficient (Wildman–Crippen LogP) is 2.28. The number of nitrogens with one attached hydrogen (secondary N) is 1. The second-order valence-electron chi connectivity index (χ2n) is 3.13. The summed E-state index contributed by atoms with van der Waals surface area (Å²) in [6, 6.07) is 6.93. The molecule has 1 aromatic carbocycles. The van der Waals surface area contributed by atoms with Crippen molar-refractivity contribution in [3.05, 3.63) is 40.7 Å². The zero-order valence-electron chi connectivity index (χ0n) is 8.40. The Bertz CT molecular complexity index is 524. The minimum atomic E-state index is -0.396. The summed E-state index contributed by atoms with van der Waals surface area (Å²) in [4.78, 5) is 11.7. The minimum absolute atomic E-state index is 0.153. The highest BCUT2D eigenvalue weighted by molar-refractivity contribution is 6.33. The van der Waals surface area contributed by atoms with Gasteiger partial charge < -0.3 is 5.32 Å². The van der Waals surface area contributed by atoms with Crippen molar-refractivity contribution in [3.8, 4) is 0 Å². The molecule has 1 N–H and O–H groups in total. The van der Waals surface area contributed by atoms with Gasteiger partial charge in [0.1, 0.15) is 5.69 Å². The SMILES string of the molecule is Cc1nonc1C(=O)Nc1ccccc1Cl. The molecule has 82 valence electrons. The summed E-state index contributed by atoms with van der Waals surface area (Å²) >= 11 is 5.90. The van der Waals surface area contributed by atoms with Gasteiger partial charge >= 0.3 is 0 Å². The average molecular weight is 238 g/mol. The lowest BCUT2D eigenvalue weighted by Gasteiger charge is -2.04. The molecule has 0 bridgehead atoms. The summed E-state index contributed by atoms with van der Waals surface area (Å²) < 4.78 is 4.44. The molecule has 5 nitrogen and oxygen atoms in total. The number of nitrogens with zero attached hydrogens (tertiary/aromatic N) is 2. The zero-order valence-corrected chi connectivity index (χ0v) is 9.15. The standard InChI is InChI=1S/C10H8ClN3O2/c1-6-9(14-16-13-6)10(15)12-8-5-3-2-4-7(8)11/h2-5H,1H3,(H,12,15). The van der Waals surface area contributed by atoms with E-state index in [2.05, 4.69) is 20.3 Å². The maximum absolute atomic E-state index is 11.7. The van der Waals surface area contributed by atoms with Crippen LogP contribution in [0.4, 0.5) is 5.69 Å². The van der Waals surface area contributed by atoms with Crippen LogP contribution in [0.15, 0.2) is 28.9 Å². The number of benzene rings is 1. The number of aryl methyl sites for hydroxylation is 1. The summed E-state index contributed by atoms with van der Waals surface area (Å²) in [6.07, 6.45) is 0. The number of hydrogen-bond donors (Lipinski definition) is 1. The molecule has 2 rings (SSSR count). The molecule has 0 spiro atoms. The van der Waals surface area contributed by atoms with E-state index in [1.165, 1.54) is 0 Å². The van der Waals surface area contributed by atoms with Crippen molar-refractivity contribution >= 4 is 23.2 Å². The highest BCUT2D eigenvalue weighted by Crippen LogP contribution is 2.21. The van der Waals surface area contributed by atoms with Gasteiger partial charge in [-0.2, -0.15) is 0 Å². The Morgan fingerprint density at radius 2 is 2.12 bits per heavy atom. The van der Waals surface area contributed by atoms with E-state index in [0.29, 0.717) is 16.4 Å². The summed E-state index contributed by atoms with van der Waals surface area (Å²) in [5.74, 6) is -0.396. The van der Waals surface area contributed by atoms with Crippen molar-refractivity contribution in [2.75, 3.05) is 5.32 Å². The second kappa shape index (κ2) is 4.32. The van der Waals surface area contributed by atoms with Crippen molar-refractivity contribution in [2.45, 2.75) is 6.92 Å². The lowest BCUT2D eigenvalue weighted by molar-refractivity contribution is 0.101. The van der Waals surface area contributed by atoms with E-state index in [4.69, 9.17) is 11.6 Å². The van der Waals surface area contributed by atoms with Crippen LogP contribution in [-0.4, -0.2) is 16.2 Å². The van der Waals surface area contributed by atoms with Gasteiger partial charge in [0.05, 0.1) is 10.7 Å². The van der Waals surface area contributed by atoms with Gasteiger partial charge in [0, 0.05) is 0 Å². The normalized spacial score (nSPS) is 10.1. The fourth-order valence-electron chi connectivity index (χ4n) is 1.18. The molecule has 1 amide bonds. The van der Waals surface area contributed by atoms with Crippen LogP contribution in [0.5, 0.6) is 0 Å². The van der Waals surface area contributed by atoms with Crippen LogP contribution in [0.25, 0.3) is 0 Å². The number of aromatic nitrogens is 2. The van der Waals surface area contributed by atoms with Crippen LogP contribution in [0.1, 0.15) is 16.2 Å². The van der Waals surface area contributed by atoms with Gasteiger partial charge in [0.25, 0.3) is 5.91 Å². The summed E-state index contributed by atoms with van der Waals surface area (Å²) in [7, 11) is 0. The molecule has 0 fully saturated rings. The Balaban J connectivity index is 2.21. The quantitative estimate of drug-likeness (QED) is 0.870. The topological polar surface area (TPSA) is 68.0 Å². The first-order valence-electron chi connectivity index (χ1n) is 4.53. The zero-order chi connectivity index (χ0) is 11.5. The van der Waals surface area contributed by atoms with Crippen molar-refractivity contribution in [1.82, 2.24) is 10.3 Å². The molecule has 0 radical (unpaired) electrons. The van der Waals surface area contributed by atoms with Crippen molar-refractivity contribution in [2.24, 2.45) is 0 Å². The first-order chi connectivity index (χ1) is 7.68. The van der Waals surface area contributed by atoms with Crippen molar-refractivity contribution in [3.63, 3.8) is 0 Å². The average Bonchev–Trinajstić information content (AvgIpc) is 2.68. The van der Waals surface area contributed by atoms with Crippen LogP contribution in [0.2, 0.25) is 5.02 Å². The van der Waals surface area contributed by atoms with E-state index < -0.39 is 5.91 Å². The summed E-state index contributed by atoms with van der Waals surface area (Å²) in [5, 5.41) is 10.1. The van der Waals surface area contributed by atoms with E-state index >= 15 is 0 Å². The molecule has 0 aliphatic heterocycles. The Kier molecular flexibility index (Phi) is 2.87. The van der Waals surface area contributed by atoms with E-state index in [1.807, 2.05) is 0 Å². The maximum atomic E-state index is 11.7. The molecule has 1 aromatic heterocycles. The Labute approximate surface area is 96.4 Å².